The lowest BCUT2D eigenvalue weighted by atomic mass is 9.97. The van der Waals surface area contributed by atoms with Gasteiger partial charge in [0.05, 0.1) is 17.6 Å². The van der Waals surface area contributed by atoms with E-state index >= 15 is 0 Å². The summed E-state index contributed by atoms with van der Waals surface area (Å²) < 4.78 is 5.75. The van der Waals surface area contributed by atoms with Crippen LogP contribution in [0.1, 0.15) is 18.4 Å². The SMILES string of the molecule is N#Cc1ccc(OCCN2CCC[C@@H](C(=O)Nc3ccccc3)C2)cc1. The Kier molecular flexibility index (Phi) is 6.24. The summed E-state index contributed by atoms with van der Waals surface area (Å²) in [5, 5.41) is 11.8. The highest BCUT2D eigenvalue weighted by Crippen LogP contribution is 2.19. The van der Waals surface area contributed by atoms with E-state index in [9.17, 15) is 4.79 Å². The molecule has 0 aliphatic carbocycles. The summed E-state index contributed by atoms with van der Waals surface area (Å²) in [5.41, 5.74) is 1.47. The Morgan fingerprint density at radius 3 is 2.69 bits per heavy atom. The third kappa shape index (κ3) is 5.08. The Hall–Kier alpha value is -2.84. The molecular formula is C21H23N3O2. The summed E-state index contributed by atoms with van der Waals surface area (Å²) >= 11 is 0. The van der Waals surface area contributed by atoms with E-state index in [0.717, 1.165) is 43.9 Å². The van der Waals surface area contributed by atoms with Crippen LogP contribution in [0.2, 0.25) is 0 Å². The number of nitrogens with one attached hydrogen (secondary N) is 1. The van der Waals surface area contributed by atoms with Crippen LogP contribution in [0.3, 0.4) is 0 Å². The van der Waals surface area contributed by atoms with Gasteiger partial charge in [-0.3, -0.25) is 9.69 Å². The number of hydrogen-bond donors (Lipinski definition) is 1. The molecule has 2 aromatic carbocycles. The molecule has 2 aromatic rings. The first-order chi connectivity index (χ1) is 12.7. The Morgan fingerprint density at radius 1 is 1.19 bits per heavy atom. The minimum Gasteiger partial charge on any atom is -0.492 e. The van der Waals surface area contributed by atoms with E-state index in [1.165, 1.54) is 0 Å². The highest BCUT2D eigenvalue weighted by molar-refractivity contribution is 5.92. The van der Waals surface area contributed by atoms with Crippen LogP contribution in [0.15, 0.2) is 54.6 Å². The second kappa shape index (κ2) is 9.02. The Balaban J connectivity index is 1.44. The Morgan fingerprint density at radius 2 is 1.96 bits per heavy atom. The average Bonchev–Trinajstić information content (AvgIpc) is 2.69. The van der Waals surface area contributed by atoms with E-state index in [2.05, 4.69) is 16.3 Å². The monoisotopic (exact) mass is 349 g/mol. The van der Waals surface area contributed by atoms with Crippen molar-refractivity contribution in [3.63, 3.8) is 0 Å². The molecule has 0 unspecified atom stereocenters. The van der Waals surface area contributed by atoms with Crippen molar-refractivity contribution in [2.75, 3.05) is 31.6 Å². The van der Waals surface area contributed by atoms with Crippen LogP contribution in [0.25, 0.3) is 0 Å². The maximum atomic E-state index is 12.5. The van der Waals surface area contributed by atoms with Gasteiger partial charge in [-0.05, 0) is 55.8 Å². The largest absolute Gasteiger partial charge is 0.492 e. The van der Waals surface area contributed by atoms with Gasteiger partial charge in [0.1, 0.15) is 12.4 Å². The highest BCUT2D eigenvalue weighted by Gasteiger charge is 2.25. The molecule has 134 valence electrons. The normalized spacial score (nSPS) is 17.3. The summed E-state index contributed by atoms with van der Waals surface area (Å²) in [6, 6.07) is 18.8. The molecule has 1 fully saturated rings. The number of nitriles is 1. The second-order valence-electron chi connectivity index (χ2n) is 6.48. The van der Waals surface area contributed by atoms with E-state index in [0.29, 0.717) is 12.2 Å². The number of para-hydroxylation sites is 1. The third-order valence-electron chi connectivity index (χ3n) is 4.58. The molecule has 0 spiro atoms. The molecule has 26 heavy (non-hydrogen) atoms. The van der Waals surface area contributed by atoms with Crippen LogP contribution in [0.5, 0.6) is 5.75 Å². The van der Waals surface area contributed by atoms with Crippen molar-refractivity contribution >= 4 is 11.6 Å². The zero-order valence-corrected chi connectivity index (χ0v) is 14.7. The Bertz CT molecular complexity index is 753. The molecular weight excluding hydrogens is 326 g/mol. The minimum absolute atomic E-state index is 0.0128. The fraction of sp³-hybridized carbons (Fsp3) is 0.333. The summed E-state index contributed by atoms with van der Waals surface area (Å²) in [6.45, 7) is 3.11. The first-order valence-electron chi connectivity index (χ1n) is 8.96. The van der Waals surface area contributed by atoms with Crippen LogP contribution >= 0.6 is 0 Å². The summed E-state index contributed by atoms with van der Waals surface area (Å²) in [4.78, 5) is 14.8. The van der Waals surface area contributed by atoms with E-state index in [4.69, 9.17) is 10.00 Å². The van der Waals surface area contributed by atoms with Crippen LogP contribution in [-0.4, -0.2) is 37.0 Å². The number of nitrogens with zero attached hydrogens (tertiary/aromatic N) is 2. The molecule has 0 bridgehead atoms. The molecule has 0 radical (unpaired) electrons. The molecule has 5 nitrogen and oxygen atoms in total. The van der Waals surface area contributed by atoms with E-state index < -0.39 is 0 Å². The smallest absolute Gasteiger partial charge is 0.228 e. The zero-order valence-electron chi connectivity index (χ0n) is 14.7. The number of rotatable bonds is 6. The van der Waals surface area contributed by atoms with Gasteiger partial charge < -0.3 is 10.1 Å². The lowest BCUT2D eigenvalue weighted by molar-refractivity contribution is -0.121. The topological polar surface area (TPSA) is 65.4 Å². The third-order valence-corrected chi connectivity index (χ3v) is 4.58. The number of benzene rings is 2. The van der Waals surface area contributed by atoms with Gasteiger partial charge in [0.2, 0.25) is 5.91 Å². The molecule has 1 atom stereocenters. The number of hydrogen-bond acceptors (Lipinski definition) is 4. The van der Waals surface area contributed by atoms with Gasteiger partial charge in [0.25, 0.3) is 0 Å². The van der Waals surface area contributed by atoms with Gasteiger partial charge >= 0.3 is 0 Å². The fourth-order valence-corrected chi connectivity index (χ4v) is 3.16. The van der Waals surface area contributed by atoms with E-state index in [1.807, 2.05) is 42.5 Å². The lowest BCUT2D eigenvalue weighted by Crippen LogP contribution is -2.42. The molecule has 0 saturated carbocycles. The van der Waals surface area contributed by atoms with E-state index in [-0.39, 0.29) is 11.8 Å². The van der Waals surface area contributed by atoms with Gasteiger partial charge in [-0.1, -0.05) is 18.2 Å². The van der Waals surface area contributed by atoms with Crippen LogP contribution < -0.4 is 10.1 Å². The predicted octanol–water partition coefficient (Wildman–Crippen LogP) is 3.29. The maximum absolute atomic E-state index is 12.5. The summed E-state index contributed by atoms with van der Waals surface area (Å²) in [5.74, 6) is 0.868. The van der Waals surface area contributed by atoms with Crippen LogP contribution in [0, 0.1) is 17.2 Å². The van der Waals surface area contributed by atoms with Crippen molar-refractivity contribution in [1.29, 1.82) is 5.26 Å². The van der Waals surface area contributed by atoms with Crippen molar-refractivity contribution in [3.8, 4) is 11.8 Å². The second-order valence-corrected chi connectivity index (χ2v) is 6.48. The average molecular weight is 349 g/mol. The number of ether oxygens (including phenoxy) is 1. The van der Waals surface area contributed by atoms with Crippen LogP contribution in [0.4, 0.5) is 5.69 Å². The standard InChI is InChI=1S/C21H23N3O2/c22-15-17-8-10-20(11-9-17)26-14-13-24-12-4-5-18(16-24)21(25)23-19-6-2-1-3-7-19/h1-3,6-11,18H,4-5,12-14,16H2,(H,23,25)/t18-/m1/s1. The van der Waals surface area contributed by atoms with Crippen molar-refractivity contribution in [3.05, 3.63) is 60.2 Å². The molecule has 1 N–H and O–H groups in total. The van der Waals surface area contributed by atoms with Gasteiger partial charge in [-0.15, -0.1) is 0 Å². The number of amides is 1. The highest BCUT2D eigenvalue weighted by atomic mass is 16.5. The quantitative estimate of drug-likeness (QED) is 0.869. The lowest BCUT2D eigenvalue weighted by Gasteiger charge is -2.31. The number of carbonyl (C=O) groups excluding carboxylic acids is 1. The molecule has 1 saturated heterocycles. The fourth-order valence-electron chi connectivity index (χ4n) is 3.16. The summed E-state index contributed by atoms with van der Waals surface area (Å²) in [7, 11) is 0. The molecule has 1 amide bonds. The maximum Gasteiger partial charge on any atom is 0.228 e. The van der Waals surface area contributed by atoms with Crippen LogP contribution in [-0.2, 0) is 4.79 Å². The van der Waals surface area contributed by atoms with Gasteiger partial charge in [0, 0.05) is 18.8 Å². The minimum atomic E-state index is 0.0128. The first kappa shape index (κ1) is 18.0. The molecule has 3 rings (SSSR count). The first-order valence-corrected chi connectivity index (χ1v) is 8.96. The van der Waals surface area contributed by atoms with Crippen molar-refractivity contribution in [2.45, 2.75) is 12.8 Å². The van der Waals surface area contributed by atoms with Crippen molar-refractivity contribution in [2.24, 2.45) is 5.92 Å². The van der Waals surface area contributed by atoms with Gasteiger partial charge in [0.15, 0.2) is 0 Å². The van der Waals surface area contributed by atoms with E-state index in [1.54, 1.807) is 12.1 Å². The number of piperidine rings is 1. The molecule has 5 heteroatoms. The molecule has 1 heterocycles. The number of anilines is 1. The Labute approximate surface area is 154 Å². The molecule has 1 aliphatic rings. The van der Waals surface area contributed by atoms with Gasteiger partial charge in [-0.25, -0.2) is 0 Å². The summed E-state index contributed by atoms with van der Waals surface area (Å²) in [6.07, 6.45) is 1.94. The number of likely N-dealkylation sites (tertiary alicyclic amines) is 1. The molecule has 0 aromatic heterocycles. The predicted molar refractivity (Wildman–Crippen MR) is 101 cm³/mol. The van der Waals surface area contributed by atoms with Crippen molar-refractivity contribution in [1.82, 2.24) is 4.90 Å². The zero-order chi connectivity index (χ0) is 18.2. The van der Waals surface area contributed by atoms with Crippen molar-refractivity contribution < 1.29 is 9.53 Å². The molecule has 1 aliphatic heterocycles. The van der Waals surface area contributed by atoms with Gasteiger partial charge in [-0.2, -0.15) is 5.26 Å². The number of carbonyl (C=O) groups is 1.